The van der Waals surface area contributed by atoms with Crippen molar-refractivity contribution in [2.75, 3.05) is 26.2 Å². The van der Waals surface area contributed by atoms with Gasteiger partial charge >= 0.3 is 0 Å². The molecule has 0 aromatic heterocycles. The number of piperazine rings is 1. The standard InChI is InChI=1S/C20H36N4O3/c1-3-5-7-16-19(26)24(13-10-22-16)17(6-4-2)20(27)23-11-8-15(9-12-23)14-18(21)25/h15-17,22H,3-14H2,1-2H3,(H2,21,25). The number of nitrogens with one attached hydrogen (secondary N) is 1. The number of hydrogen-bond acceptors (Lipinski definition) is 4. The average Bonchev–Trinajstić information content (AvgIpc) is 2.65. The number of unbranched alkanes of at least 4 members (excludes halogenated alkanes) is 1. The number of amides is 3. The second kappa shape index (κ2) is 10.6. The summed E-state index contributed by atoms with van der Waals surface area (Å²) in [5.74, 6) is 0.146. The van der Waals surface area contributed by atoms with E-state index in [1.54, 1.807) is 0 Å². The second-order valence-corrected chi connectivity index (χ2v) is 7.92. The molecule has 154 valence electrons. The lowest BCUT2D eigenvalue weighted by molar-refractivity contribution is -0.150. The van der Waals surface area contributed by atoms with Crippen LogP contribution >= 0.6 is 0 Å². The first kappa shape index (κ1) is 21.7. The van der Waals surface area contributed by atoms with Crippen LogP contribution in [-0.4, -0.2) is 65.8 Å². The highest BCUT2D eigenvalue weighted by Gasteiger charge is 2.38. The van der Waals surface area contributed by atoms with Gasteiger partial charge in [-0.05, 0) is 31.6 Å². The predicted molar refractivity (Wildman–Crippen MR) is 105 cm³/mol. The lowest BCUT2D eigenvalue weighted by Crippen LogP contribution is -2.61. The van der Waals surface area contributed by atoms with Crippen molar-refractivity contribution in [3.63, 3.8) is 0 Å². The Morgan fingerprint density at radius 2 is 1.89 bits per heavy atom. The first-order valence-electron chi connectivity index (χ1n) is 10.6. The maximum atomic E-state index is 13.2. The zero-order chi connectivity index (χ0) is 19.8. The van der Waals surface area contributed by atoms with Gasteiger partial charge < -0.3 is 20.9 Å². The van der Waals surface area contributed by atoms with E-state index in [0.29, 0.717) is 32.5 Å². The van der Waals surface area contributed by atoms with Gasteiger partial charge in [-0.2, -0.15) is 0 Å². The number of nitrogens with two attached hydrogens (primary N) is 1. The SMILES string of the molecule is CCCCC1NCCN(C(CCC)C(=O)N2CCC(CC(N)=O)CC2)C1=O. The highest BCUT2D eigenvalue weighted by molar-refractivity contribution is 5.90. The molecule has 2 aliphatic rings. The Morgan fingerprint density at radius 3 is 2.48 bits per heavy atom. The van der Waals surface area contributed by atoms with Crippen LogP contribution in [0, 0.1) is 5.92 Å². The van der Waals surface area contributed by atoms with Crippen LogP contribution < -0.4 is 11.1 Å². The molecule has 2 unspecified atom stereocenters. The number of primary amides is 1. The van der Waals surface area contributed by atoms with Crippen molar-refractivity contribution in [1.82, 2.24) is 15.1 Å². The summed E-state index contributed by atoms with van der Waals surface area (Å²) in [6.07, 6.45) is 6.48. The lowest BCUT2D eigenvalue weighted by atomic mass is 9.92. The van der Waals surface area contributed by atoms with Crippen LogP contribution in [0.5, 0.6) is 0 Å². The second-order valence-electron chi connectivity index (χ2n) is 7.92. The molecule has 2 saturated heterocycles. The largest absolute Gasteiger partial charge is 0.370 e. The maximum absolute atomic E-state index is 13.2. The van der Waals surface area contributed by atoms with Gasteiger partial charge in [-0.25, -0.2) is 0 Å². The third-order valence-electron chi connectivity index (χ3n) is 5.81. The summed E-state index contributed by atoms with van der Waals surface area (Å²) in [6, 6.07) is -0.520. The molecule has 0 spiro atoms. The van der Waals surface area contributed by atoms with Gasteiger partial charge in [0.25, 0.3) is 0 Å². The highest BCUT2D eigenvalue weighted by atomic mass is 16.2. The van der Waals surface area contributed by atoms with Gasteiger partial charge in [0.05, 0.1) is 6.04 Å². The summed E-state index contributed by atoms with van der Waals surface area (Å²) in [7, 11) is 0. The molecule has 2 rings (SSSR count). The third kappa shape index (κ3) is 5.92. The van der Waals surface area contributed by atoms with E-state index in [-0.39, 0.29) is 35.7 Å². The summed E-state index contributed by atoms with van der Waals surface area (Å²) in [5.41, 5.74) is 5.30. The number of hydrogen-bond donors (Lipinski definition) is 2. The van der Waals surface area contributed by atoms with E-state index in [1.165, 1.54) is 0 Å². The fourth-order valence-corrected chi connectivity index (χ4v) is 4.24. The van der Waals surface area contributed by atoms with Crippen molar-refractivity contribution >= 4 is 17.7 Å². The quantitative estimate of drug-likeness (QED) is 0.629. The molecule has 0 aromatic rings. The van der Waals surface area contributed by atoms with E-state index in [1.807, 2.05) is 9.80 Å². The minimum absolute atomic E-state index is 0.0684. The van der Waals surface area contributed by atoms with E-state index in [4.69, 9.17) is 5.73 Å². The molecule has 2 atom stereocenters. The maximum Gasteiger partial charge on any atom is 0.245 e. The van der Waals surface area contributed by atoms with Crippen LogP contribution in [0.15, 0.2) is 0 Å². The normalized spacial score (nSPS) is 22.7. The van der Waals surface area contributed by atoms with E-state index in [9.17, 15) is 14.4 Å². The Hall–Kier alpha value is -1.63. The smallest absolute Gasteiger partial charge is 0.245 e. The Balaban J connectivity index is 2.00. The van der Waals surface area contributed by atoms with Crippen LogP contribution in [0.1, 0.15) is 65.2 Å². The van der Waals surface area contributed by atoms with Crippen molar-refractivity contribution in [3.05, 3.63) is 0 Å². The Labute approximate surface area is 163 Å². The summed E-state index contributed by atoms with van der Waals surface area (Å²) in [5, 5.41) is 3.31. The summed E-state index contributed by atoms with van der Waals surface area (Å²) >= 11 is 0. The third-order valence-corrected chi connectivity index (χ3v) is 5.81. The van der Waals surface area contributed by atoms with Gasteiger partial charge in [-0.15, -0.1) is 0 Å². The molecule has 2 heterocycles. The highest BCUT2D eigenvalue weighted by Crippen LogP contribution is 2.23. The zero-order valence-electron chi connectivity index (χ0n) is 16.9. The van der Waals surface area contributed by atoms with Crippen molar-refractivity contribution in [2.45, 2.75) is 77.3 Å². The average molecular weight is 381 g/mol. The number of nitrogens with zero attached hydrogens (tertiary/aromatic N) is 2. The minimum Gasteiger partial charge on any atom is -0.370 e. The van der Waals surface area contributed by atoms with Gasteiger partial charge in [0.2, 0.25) is 17.7 Å². The van der Waals surface area contributed by atoms with Gasteiger partial charge in [-0.1, -0.05) is 33.1 Å². The molecule has 0 bridgehead atoms. The van der Waals surface area contributed by atoms with Gasteiger partial charge in [-0.3, -0.25) is 14.4 Å². The molecular formula is C20H36N4O3. The van der Waals surface area contributed by atoms with Crippen molar-refractivity contribution in [1.29, 1.82) is 0 Å². The molecule has 3 N–H and O–H groups in total. The first-order chi connectivity index (χ1) is 13.0. The van der Waals surface area contributed by atoms with Gasteiger partial charge in [0.1, 0.15) is 6.04 Å². The van der Waals surface area contributed by atoms with Crippen molar-refractivity contribution in [2.24, 2.45) is 11.7 Å². The van der Waals surface area contributed by atoms with Crippen LogP contribution in [0.25, 0.3) is 0 Å². The van der Waals surface area contributed by atoms with Crippen LogP contribution in [0.2, 0.25) is 0 Å². The molecule has 7 heteroatoms. The Morgan fingerprint density at radius 1 is 1.19 bits per heavy atom. The van der Waals surface area contributed by atoms with Crippen molar-refractivity contribution < 1.29 is 14.4 Å². The molecular weight excluding hydrogens is 344 g/mol. The topological polar surface area (TPSA) is 95.7 Å². The van der Waals surface area contributed by atoms with Gasteiger partial charge in [0, 0.05) is 32.6 Å². The fourth-order valence-electron chi connectivity index (χ4n) is 4.24. The van der Waals surface area contributed by atoms with E-state index in [2.05, 4.69) is 19.2 Å². The van der Waals surface area contributed by atoms with Crippen LogP contribution in [0.3, 0.4) is 0 Å². The molecule has 3 amide bonds. The predicted octanol–water partition coefficient (Wildman–Crippen LogP) is 1.26. The molecule has 0 aromatic carbocycles. The molecule has 2 aliphatic heterocycles. The van der Waals surface area contributed by atoms with E-state index < -0.39 is 0 Å². The molecule has 0 radical (unpaired) electrons. The fraction of sp³-hybridized carbons (Fsp3) is 0.850. The number of carbonyl (C=O) groups excluding carboxylic acids is 3. The van der Waals surface area contributed by atoms with Crippen LogP contribution in [-0.2, 0) is 14.4 Å². The minimum atomic E-state index is -0.360. The van der Waals surface area contributed by atoms with Crippen molar-refractivity contribution in [3.8, 4) is 0 Å². The Bertz CT molecular complexity index is 517. The summed E-state index contributed by atoms with van der Waals surface area (Å²) in [4.78, 5) is 41.0. The number of rotatable bonds is 9. The summed E-state index contributed by atoms with van der Waals surface area (Å²) in [6.45, 7) is 6.81. The van der Waals surface area contributed by atoms with Crippen LogP contribution in [0.4, 0.5) is 0 Å². The monoisotopic (exact) mass is 380 g/mol. The zero-order valence-corrected chi connectivity index (χ0v) is 16.9. The summed E-state index contributed by atoms with van der Waals surface area (Å²) < 4.78 is 0. The van der Waals surface area contributed by atoms with E-state index in [0.717, 1.165) is 45.1 Å². The van der Waals surface area contributed by atoms with E-state index >= 15 is 0 Å². The number of carbonyl (C=O) groups is 3. The van der Waals surface area contributed by atoms with Gasteiger partial charge in [0.15, 0.2) is 0 Å². The molecule has 2 fully saturated rings. The molecule has 27 heavy (non-hydrogen) atoms. The first-order valence-corrected chi connectivity index (χ1v) is 10.6. The Kier molecular flexibility index (Phi) is 8.54. The number of piperidine rings is 1. The lowest BCUT2D eigenvalue weighted by Gasteiger charge is -2.41. The molecule has 0 saturated carbocycles. The molecule has 0 aliphatic carbocycles. The number of likely N-dealkylation sites (tertiary alicyclic amines) is 1. The molecule has 7 nitrogen and oxygen atoms in total.